The highest BCUT2D eigenvalue weighted by Crippen LogP contribution is 2.28. The Kier molecular flexibility index (Phi) is 7.05. The number of thioether (sulfide) groups is 1. The van der Waals surface area contributed by atoms with Gasteiger partial charge in [-0.3, -0.25) is 19.5 Å². The summed E-state index contributed by atoms with van der Waals surface area (Å²) < 4.78 is 2.39. The topological polar surface area (TPSA) is 107 Å². The van der Waals surface area contributed by atoms with Crippen molar-refractivity contribution in [2.75, 3.05) is 0 Å². The second-order valence-corrected chi connectivity index (χ2v) is 9.03. The summed E-state index contributed by atoms with van der Waals surface area (Å²) in [7, 11) is 0. The molecule has 0 aliphatic rings. The molecule has 1 aromatic heterocycles. The maximum absolute atomic E-state index is 13.1. The summed E-state index contributed by atoms with van der Waals surface area (Å²) in [6.07, 6.45) is 0. The second kappa shape index (κ2) is 8.88. The number of nitrogens with zero attached hydrogens (tertiary/aromatic N) is 2. The Bertz CT molecular complexity index is 927. The number of carbonyl (C=O) groups is 2. The van der Waals surface area contributed by atoms with E-state index >= 15 is 0 Å². The van der Waals surface area contributed by atoms with Crippen molar-refractivity contribution in [3.63, 3.8) is 0 Å². The Morgan fingerprint density at radius 2 is 1.96 bits per heavy atom. The molecule has 0 fully saturated rings. The number of urea groups is 1. The van der Waals surface area contributed by atoms with Crippen LogP contribution in [0.1, 0.15) is 27.7 Å². The molecule has 0 aliphatic carbocycles. The third-order valence-electron chi connectivity index (χ3n) is 3.77. The van der Waals surface area contributed by atoms with Gasteiger partial charge in [-0.15, -0.1) is 0 Å². The molecule has 1 aromatic carbocycles. The SMILES string of the molecule is CC(C)Cn1c(SC(C(=O)NC(N)=O)C(C)C)nc2ccc(Br)cc2c1=O. The number of hydrogen-bond donors (Lipinski definition) is 2. The van der Waals surface area contributed by atoms with E-state index in [2.05, 4.69) is 26.2 Å². The van der Waals surface area contributed by atoms with Gasteiger partial charge in [0.15, 0.2) is 5.16 Å². The predicted molar refractivity (Wildman–Crippen MR) is 111 cm³/mol. The zero-order valence-electron chi connectivity index (χ0n) is 15.7. The van der Waals surface area contributed by atoms with Crippen LogP contribution in [0.5, 0.6) is 0 Å². The average molecular weight is 455 g/mol. The molecule has 7 nitrogen and oxygen atoms in total. The number of rotatable bonds is 6. The van der Waals surface area contributed by atoms with Gasteiger partial charge in [0.1, 0.15) is 0 Å². The number of benzene rings is 1. The number of aromatic nitrogens is 2. The van der Waals surface area contributed by atoms with E-state index in [1.54, 1.807) is 16.7 Å². The number of primary amides is 1. The molecule has 0 spiro atoms. The molecule has 0 radical (unpaired) electrons. The first-order valence-electron chi connectivity index (χ1n) is 8.57. The Labute approximate surface area is 170 Å². The van der Waals surface area contributed by atoms with Crippen LogP contribution in [0.3, 0.4) is 0 Å². The van der Waals surface area contributed by atoms with E-state index in [0.29, 0.717) is 22.6 Å². The van der Waals surface area contributed by atoms with Gasteiger partial charge in [0.25, 0.3) is 5.56 Å². The molecular formula is C18H23BrN4O3S. The second-order valence-electron chi connectivity index (χ2n) is 7.00. The molecule has 9 heteroatoms. The quantitative estimate of drug-likeness (QED) is 0.514. The molecule has 0 saturated heterocycles. The lowest BCUT2D eigenvalue weighted by atomic mass is 10.1. The van der Waals surface area contributed by atoms with Crippen molar-refractivity contribution in [1.29, 1.82) is 0 Å². The fourth-order valence-corrected chi connectivity index (χ4v) is 4.05. The maximum atomic E-state index is 13.1. The Morgan fingerprint density at radius 3 is 2.52 bits per heavy atom. The lowest BCUT2D eigenvalue weighted by Gasteiger charge is -2.21. The normalized spacial score (nSPS) is 12.6. The highest BCUT2D eigenvalue weighted by molar-refractivity contribution is 9.10. The number of hydrogen-bond acceptors (Lipinski definition) is 5. The number of fused-ring (bicyclic) bond motifs is 1. The van der Waals surface area contributed by atoms with E-state index in [9.17, 15) is 14.4 Å². The molecule has 2 aromatic rings. The van der Waals surface area contributed by atoms with Crippen molar-refractivity contribution in [3.05, 3.63) is 33.0 Å². The zero-order valence-corrected chi connectivity index (χ0v) is 18.1. The number of carbonyl (C=O) groups excluding carboxylic acids is 2. The standard InChI is InChI=1S/C18H23BrN4O3S/c1-9(2)8-23-16(25)12-7-11(19)5-6-13(12)21-18(23)27-14(10(3)4)15(24)22-17(20)26/h5-7,9-10,14H,8H2,1-4H3,(H3,20,22,24,26). The minimum atomic E-state index is -0.901. The summed E-state index contributed by atoms with van der Waals surface area (Å²) in [6, 6.07) is 4.42. The van der Waals surface area contributed by atoms with Crippen LogP contribution < -0.4 is 16.6 Å². The van der Waals surface area contributed by atoms with Gasteiger partial charge in [-0.25, -0.2) is 9.78 Å². The van der Waals surface area contributed by atoms with Crippen LogP contribution >= 0.6 is 27.7 Å². The predicted octanol–water partition coefficient (Wildman–Crippen LogP) is 3.13. The summed E-state index contributed by atoms with van der Waals surface area (Å²) >= 11 is 4.55. The average Bonchev–Trinajstić information content (AvgIpc) is 2.55. The molecule has 1 heterocycles. The number of amides is 3. The Morgan fingerprint density at radius 1 is 1.30 bits per heavy atom. The Hall–Kier alpha value is -1.87. The minimum Gasteiger partial charge on any atom is -0.351 e. The maximum Gasteiger partial charge on any atom is 0.318 e. The monoisotopic (exact) mass is 454 g/mol. The van der Waals surface area contributed by atoms with Gasteiger partial charge < -0.3 is 5.73 Å². The van der Waals surface area contributed by atoms with E-state index < -0.39 is 17.2 Å². The summed E-state index contributed by atoms with van der Waals surface area (Å²) in [5.74, 6) is -0.381. The summed E-state index contributed by atoms with van der Waals surface area (Å²) in [6.45, 7) is 8.21. The molecular weight excluding hydrogens is 432 g/mol. The number of nitrogens with two attached hydrogens (primary N) is 1. The number of halogens is 1. The van der Waals surface area contributed by atoms with Crippen molar-refractivity contribution in [2.45, 2.75) is 44.6 Å². The lowest BCUT2D eigenvalue weighted by Crippen LogP contribution is -2.42. The first-order valence-corrected chi connectivity index (χ1v) is 10.2. The minimum absolute atomic E-state index is 0.0978. The first-order chi connectivity index (χ1) is 12.6. The molecule has 27 heavy (non-hydrogen) atoms. The number of imide groups is 1. The van der Waals surface area contributed by atoms with Crippen LogP contribution in [0.15, 0.2) is 32.6 Å². The van der Waals surface area contributed by atoms with Crippen molar-refractivity contribution in [3.8, 4) is 0 Å². The van der Waals surface area contributed by atoms with E-state index in [0.717, 1.165) is 4.47 Å². The van der Waals surface area contributed by atoms with Gasteiger partial charge in [-0.1, -0.05) is 55.4 Å². The van der Waals surface area contributed by atoms with Gasteiger partial charge in [-0.2, -0.15) is 0 Å². The van der Waals surface area contributed by atoms with Crippen LogP contribution in [0.2, 0.25) is 0 Å². The third-order valence-corrected chi connectivity index (χ3v) is 5.80. The van der Waals surface area contributed by atoms with Crippen LogP contribution in [0.4, 0.5) is 4.79 Å². The third kappa shape index (κ3) is 5.32. The van der Waals surface area contributed by atoms with Gasteiger partial charge in [-0.05, 0) is 30.0 Å². The van der Waals surface area contributed by atoms with E-state index in [1.165, 1.54) is 11.8 Å². The highest BCUT2D eigenvalue weighted by atomic mass is 79.9. The first kappa shape index (κ1) is 21.4. The van der Waals surface area contributed by atoms with Crippen molar-refractivity contribution in [2.24, 2.45) is 17.6 Å². The molecule has 3 N–H and O–H groups in total. The van der Waals surface area contributed by atoms with Crippen molar-refractivity contribution < 1.29 is 9.59 Å². The lowest BCUT2D eigenvalue weighted by molar-refractivity contribution is -0.120. The number of nitrogens with one attached hydrogen (secondary N) is 1. The molecule has 0 saturated carbocycles. The highest BCUT2D eigenvalue weighted by Gasteiger charge is 2.27. The summed E-state index contributed by atoms with van der Waals surface area (Å²) in [4.78, 5) is 41.1. The van der Waals surface area contributed by atoms with Gasteiger partial charge >= 0.3 is 6.03 Å². The van der Waals surface area contributed by atoms with Gasteiger partial charge in [0, 0.05) is 11.0 Å². The van der Waals surface area contributed by atoms with Crippen LogP contribution in [0.25, 0.3) is 10.9 Å². The molecule has 146 valence electrons. The van der Waals surface area contributed by atoms with Crippen LogP contribution in [0, 0.1) is 11.8 Å². The van der Waals surface area contributed by atoms with E-state index in [-0.39, 0.29) is 17.4 Å². The molecule has 0 bridgehead atoms. The molecule has 1 atom stereocenters. The van der Waals surface area contributed by atoms with Crippen molar-refractivity contribution in [1.82, 2.24) is 14.9 Å². The zero-order chi connectivity index (χ0) is 20.3. The summed E-state index contributed by atoms with van der Waals surface area (Å²) in [5.41, 5.74) is 5.48. The van der Waals surface area contributed by atoms with E-state index in [1.807, 2.05) is 33.8 Å². The fourth-order valence-electron chi connectivity index (χ4n) is 2.59. The molecule has 2 rings (SSSR count). The van der Waals surface area contributed by atoms with Crippen molar-refractivity contribution >= 4 is 50.5 Å². The molecule has 1 unspecified atom stereocenters. The van der Waals surface area contributed by atoms with E-state index in [4.69, 9.17) is 5.73 Å². The van der Waals surface area contributed by atoms with Crippen LogP contribution in [-0.4, -0.2) is 26.7 Å². The Balaban J connectivity index is 2.57. The van der Waals surface area contributed by atoms with Crippen LogP contribution in [-0.2, 0) is 11.3 Å². The van der Waals surface area contributed by atoms with Gasteiger partial charge in [0.2, 0.25) is 5.91 Å². The van der Waals surface area contributed by atoms with Gasteiger partial charge in [0.05, 0.1) is 16.2 Å². The molecule has 0 aliphatic heterocycles. The summed E-state index contributed by atoms with van der Waals surface area (Å²) in [5, 5.41) is 2.46. The largest absolute Gasteiger partial charge is 0.351 e. The molecule has 3 amide bonds. The fraction of sp³-hybridized carbons (Fsp3) is 0.444. The smallest absolute Gasteiger partial charge is 0.318 e.